The third-order valence-electron chi connectivity index (χ3n) is 12.6. The highest BCUT2D eigenvalue weighted by Crippen LogP contribution is 2.55. The normalized spacial score (nSPS) is 14.5. The van der Waals surface area contributed by atoms with Crippen LogP contribution in [0.3, 0.4) is 0 Å². The minimum atomic E-state index is -0.610. The first-order chi connectivity index (χ1) is 26.7. The molecule has 9 aromatic rings. The summed E-state index contributed by atoms with van der Waals surface area (Å²) in [7, 11) is 0. The van der Waals surface area contributed by atoms with E-state index in [9.17, 15) is 5.26 Å². The molecule has 7 aromatic carbocycles. The molecule has 2 aliphatic rings. The summed E-state index contributed by atoms with van der Waals surface area (Å²) in [5.41, 5.74) is 12.7. The third kappa shape index (κ3) is 3.77. The number of rotatable bonds is 2. The number of halogens is 1. The Bertz CT molecular complexity index is 3090. The highest BCUT2D eigenvalue weighted by atomic mass is 19.1. The van der Waals surface area contributed by atoms with Crippen LogP contribution < -0.4 is 0 Å². The van der Waals surface area contributed by atoms with Gasteiger partial charge in [-0.1, -0.05) is 125 Å². The van der Waals surface area contributed by atoms with Crippen molar-refractivity contribution in [2.24, 2.45) is 0 Å². The number of benzene rings is 7. The largest absolute Gasteiger partial charge is 0.316 e. The van der Waals surface area contributed by atoms with Gasteiger partial charge in [0.15, 0.2) is 5.82 Å². The molecule has 0 bridgehead atoms. The van der Waals surface area contributed by atoms with Gasteiger partial charge < -0.3 is 9.13 Å². The van der Waals surface area contributed by atoms with Gasteiger partial charge in [-0.05, 0) is 74.8 Å². The van der Waals surface area contributed by atoms with Crippen molar-refractivity contribution in [3.05, 3.63) is 172 Å². The summed E-state index contributed by atoms with van der Waals surface area (Å²) in [4.78, 5) is 3.91. The molecule has 0 spiro atoms. The van der Waals surface area contributed by atoms with Crippen molar-refractivity contribution in [3.8, 4) is 39.7 Å². The van der Waals surface area contributed by atoms with Crippen molar-refractivity contribution in [1.82, 2.24) is 9.13 Å². The van der Waals surface area contributed by atoms with Crippen LogP contribution in [0.15, 0.2) is 127 Å². The molecular formula is C50H33FN4. The summed E-state index contributed by atoms with van der Waals surface area (Å²) in [6.07, 6.45) is 0. The van der Waals surface area contributed by atoms with Gasteiger partial charge in [0, 0.05) is 32.4 Å². The van der Waals surface area contributed by atoms with E-state index in [-0.39, 0.29) is 33.5 Å². The maximum Gasteiger partial charge on any atom is 0.215 e. The molecule has 4 nitrogen and oxygen atoms in total. The van der Waals surface area contributed by atoms with E-state index >= 15 is 4.39 Å². The van der Waals surface area contributed by atoms with Crippen LogP contribution in [0.25, 0.3) is 82.1 Å². The van der Waals surface area contributed by atoms with E-state index in [4.69, 9.17) is 6.57 Å². The van der Waals surface area contributed by atoms with Crippen LogP contribution in [0.5, 0.6) is 0 Å². The Hall–Kier alpha value is -6.95. The van der Waals surface area contributed by atoms with Crippen LogP contribution in [0, 0.1) is 23.7 Å². The maximum absolute atomic E-state index is 18.4. The summed E-state index contributed by atoms with van der Waals surface area (Å²) in [5.74, 6) is -0.610. The van der Waals surface area contributed by atoms with Crippen LogP contribution in [0.1, 0.15) is 55.5 Å². The summed E-state index contributed by atoms with van der Waals surface area (Å²) in [5, 5.41) is 14.8. The van der Waals surface area contributed by atoms with Gasteiger partial charge in [-0.3, -0.25) is 0 Å². The van der Waals surface area contributed by atoms with Crippen molar-refractivity contribution < 1.29 is 4.39 Å². The first-order valence-corrected chi connectivity index (χ1v) is 18.7. The average molecular weight is 709 g/mol. The number of nitrogens with zero attached hydrogens (tertiary/aromatic N) is 4. The van der Waals surface area contributed by atoms with Crippen molar-refractivity contribution in [3.63, 3.8) is 0 Å². The molecule has 0 saturated carbocycles. The molecule has 2 aromatic heterocycles. The van der Waals surface area contributed by atoms with Gasteiger partial charge in [0.05, 0.1) is 45.6 Å². The zero-order chi connectivity index (χ0) is 37.5. The Kier molecular flexibility index (Phi) is 6.08. The quantitative estimate of drug-likeness (QED) is 0.165. The topological polar surface area (TPSA) is 38.0 Å². The zero-order valence-corrected chi connectivity index (χ0v) is 30.8. The van der Waals surface area contributed by atoms with Crippen LogP contribution >= 0.6 is 0 Å². The van der Waals surface area contributed by atoms with Crippen molar-refractivity contribution in [2.75, 3.05) is 0 Å². The summed E-state index contributed by atoms with van der Waals surface area (Å²) < 4.78 is 22.2. The van der Waals surface area contributed by atoms with Gasteiger partial charge in [0.25, 0.3) is 0 Å². The molecule has 5 heteroatoms. The van der Waals surface area contributed by atoms with E-state index in [1.54, 1.807) is 6.07 Å². The average Bonchev–Trinajstić information content (AvgIpc) is 3.86. The van der Waals surface area contributed by atoms with Crippen LogP contribution in [-0.2, 0) is 10.8 Å². The van der Waals surface area contributed by atoms with E-state index < -0.39 is 5.82 Å². The Morgan fingerprint density at radius 3 is 1.51 bits per heavy atom. The number of hydrogen-bond acceptors (Lipinski definition) is 1. The van der Waals surface area contributed by atoms with E-state index in [1.165, 1.54) is 44.5 Å². The van der Waals surface area contributed by atoms with Gasteiger partial charge in [0.2, 0.25) is 5.69 Å². The van der Waals surface area contributed by atoms with Crippen LogP contribution in [0.2, 0.25) is 0 Å². The highest BCUT2D eigenvalue weighted by Gasteiger charge is 2.40. The van der Waals surface area contributed by atoms with Crippen LogP contribution in [0.4, 0.5) is 10.1 Å². The van der Waals surface area contributed by atoms with Crippen molar-refractivity contribution >= 4 is 49.3 Å². The Labute approximate surface area is 317 Å². The molecule has 11 rings (SSSR count). The Balaban J connectivity index is 1.27. The Morgan fingerprint density at radius 1 is 0.564 bits per heavy atom. The monoisotopic (exact) mass is 708 g/mol. The summed E-state index contributed by atoms with van der Waals surface area (Å²) in [6, 6.07) is 45.6. The second-order valence-electron chi connectivity index (χ2n) is 16.0. The smallest absolute Gasteiger partial charge is 0.215 e. The predicted molar refractivity (Wildman–Crippen MR) is 221 cm³/mol. The molecule has 0 saturated heterocycles. The number of para-hydroxylation sites is 2. The fourth-order valence-electron chi connectivity index (χ4n) is 10.4. The lowest BCUT2D eigenvalue weighted by Gasteiger charge is -2.23. The maximum atomic E-state index is 18.4. The van der Waals surface area contributed by atoms with Crippen molar-refractivity contribution in [2.45, 2.75) is 38.5 Å². The van der Waals surface area contributed by atoms with E-state index in [2.05, 4.69) is 124 Å². The minimum absolute atomic E-state index is 0.0849. The zero-order valence-electron chi connectivity index (χ0n) is 30.8. The lowest BCUT2D eigenvalue weighted by Crippen LogP contribution is -2.15. The number of hydrogen-bond donors (Lipinski definition) is 0. The molecule has 55 heavy (non-hydrogen) atoms. The van der Waals surface area contributed by atoms with Gasteiger partial charge in [-0.2, -0.15) is 5.26 Å². The molecule has 0 amide bonds. The molecule has 0 unspecified atom stereocenters. The van der Waals surface area contributed by atoms with E-state index in [0.717, 1.165) is 43.6 Å². The summed E-state index contributed by atoms with van der Waals surface area (Å²) in [6.45, 7) is 17.4. The lowest BCUT2D eigenvalue weighted by atomic mass is 9.80. The SMILES string of the molecule is [C-]#[N+]c1cc(C#N)c(-n2c3ccccc3c3c4c(ccc32)-c2ccccc2C4(C)C)c(F)c1-n1c2ccccc2c2c3c(ccc21)-c1ccccc1C3(C)C. The second kappa shape index (κ2) is 10.6. The fraction of sp³-hybridized carbons (Fsp3) is 0.120. The molecule has 0 N–H and O–H groups in total. The minimum Gasteiger partial charge on any atom is -0.316 e. The fourth-order valence-corrected chi connectivity index (χ4v) is 10.4. The first kappa shape index (κ1) is 31.6. The molecule has 0 fully saturated rings. The van der Waals surface area contributed by atoms with Gasteiger partial charge in [-0.25, -0.2) is 9.24 Å². The number of aromatic nitrogens is 2. The first-order valence-electron chi connectivity index (χ1n) is 18.7. The molecule has 260 valence electrons. The van der Waals surface area contributed by atoms with Crippen molar-refractivity contribution in [1.29, 1.82) is 5.26 Å². The standard InChI is InChI=1S/C50H33FN4/c1-49(2)35-18-10-6-14-29(35)31-22-24-40-42(44(31)49)33-16-8-12-20-38(33)54(40)47-28(27-52)26-37(53-5)48(46(47)51)55-39-21-13-9-17-34(39)43-41(55)25-23-32-30-15-7-11-19-36(30)50(3,4)45(32)43/h6-26H,1-4H3. The third-order valence-corrected chi connectivity index (χ3v) is 12.6. The predicted octanol–water partition coefficient (Wildman–Crippen LogP) is 13.1. The molecule has 2 heterocycles. The molecule has 0 aliphatic heterocycles. The van der Waals surface area contributed by atoms with E-state index in [0.29, 0.717) is 0 Å². The Morgan fingerprint density at radius 2 is 1.02 bits per heavy atom. The van der Waals surface area contributed by atoms with Gasteiger partial charge in [0.1, 0.15) is 6.07 Å². The molecule has 2 aliphatic carbocycles. The van der Waals surface area contributed by atoms with Gasteiger partial charge >= 0.3 is 0 Å². The molecule has 0 radical (unpaired) electrons. The number of nitriles is 1. The second-order valence-corrected chi connectivity index (χ2v) is 16.0. The summed E-state index contributed by atoms with van der Waals surface area (Å²) >= 11 is 0. The number of fused-ring (bicyclic) bond motifs is 14. The van der Waals surface area contributed by atoms with E-state index in [1.807, 2.05) is 45.5 Å². The van der Waals surface area contributed by atoms with Gasteiger partial charge in [-0.15, -0.1) is 0 Å². The van der Waals surface area contributed by atoms with Crippen LogP contribution in [-0.4, -0.2) is 9.13 Å². The lowest BCUT2D eigenvalue weighted by molar-refractivity contribution is 0.614. The molecular weight excluding hydrogens is 676 g/mol. The molecule has 0 atom stereocenters. The highest BCUT2D eigenvalue weighted by molar-refractivity contribution is 6.16.